The zero-order valence-corrected chi connectivity index (χ0v) is 8.49. The van der Waals surface area contributed by atoms with Crippen LogP contribution >= 0.6 is 11.6 Å². The first-order valence-corrected chi connectivity index (χ1v) is 5.10. The number of methoxy groups -OCH3 is 1. The minimum atomic E-state index is -4.95. The van der Waals surface area contributed by atoms with Gasteiger partial charge in [-0.3, -0.25) is 0 Å². The summed E-state index contributed by atoms with van der Waals surface area (Å²) >= 11 is 5.44. The second-order valence-electron chi connectivity index (χ2n) is 2.36. The predicted octanol–water partition coefficient (Wildman–Crippen LogP) is 2.15. The Labute approximate surface area is 84.5 Å². The van der Waals surface area contributed by atoms with E-state index in [9.17, 15) is 16.7 Å². The summed E-state index contributed by atoms with van der Waals surface area (Å²) in [5.41, 5.74) is 0. The second-order valence-corrected chi connectivity index (χ2v) is 4.11. The van der Waals surface area contributed by atoms with Crippen molar-refractivity contribution in [1.29, 1.82) is 0 Å². The van der Waals surface area contributed by atoms with Gasteiger partial charge in [0.2, 0.25) is 0 Å². The molecule has 0 unspecified atom stereocenters. The molecule has 78 valence electrons. The van der Waals surface area contributed by atoms with Crippen LogP contribution in [-0.2, 0) is 10.2 Å². The fourth-order valence-corrected chi connectivity index (χ4v) is 1.72. The Morgan fingerprint density at radius 2 is 2.00 bits per heavy atom. The zero-order valence-electron chi connectivity index (χ0n) is 6.92. The van der Waals surface area contributed by atoms with Gasteiger partial charge in [-0.05, 0) is 12.1 Å². The highest BCUT2D eigenvalue weighted by Crippen LogP contribution is 2.30. The van der Waals surface area contributed by atoms with Gasteiger partial charge in [0.05, 0.1) is 12.1 Å². The van der Waals surface area contributed by atoms with Gasteiger partial charge in [-0.1, -0.05) is 11.6 Å². The lowest BCUT2D eigenvalue weighted by atomic mass is 10.3. The maximum atomic E-state index is 13.0. The van der Waals surface area contributed by atoms with Crippen molar-refractivity contribution >= 4 is 21.8 Å². The third-order valence-corrected chi connectivity index (χ3v) is 2.54. The van der Waals surface area contributed by atoms with Crippen molar-refractivity contribution < 1.29 is 21.4 Å². The van der Waals surface area contributed by atoms with Crippen molar-refractivity contribution in [2.24, 2.45) is 0 Å². The van der Waals surface area contributed by atoms with Gasteiger partial charge in [0.25, 0.3) is 0 Å². The van der Waals surface area contributed by atoms with Crippen molar-refractivity contribution in [1.82, 2.24) is 0 Å². The van der Waals surface area contributed by atoms with E-state index in [2.05, 4.69) is 4.74 Å². The fraction of sp³-hybridized carbons (Fsp3) is 0.143. The summed E-state index contributed by atoms with van der Waals surface area (Å²) < 4.78 is 50.8. The highest BCUT2D eigenvalue weighted by atomic mass is 35.5. The molecule has 0 aliphatic carbocycles. The maximum absolute atomic E-state index is 13.0. The first-order valence-electron chi connectivity index (χ1n) is 3.34. The molecular formula is C7H5ClF2O3S. The number of ether oxygens (including phenoxy) is 1. The third kappa shape index (κ3) is 2.13. The molecule has 7 heteroatoms. The summed E-state index contributed by atoms with van der Waals surface area (Å²) in [7, 11) is -3.79. The van der Waals surface area contributed by atoms with Gasteiger partial charge in [-0.25, -0.2) is 4.39 Å². The zero-order chi connectivity index (χ0) is 10.9. The van der Waals surface area contributed by atoms with Crippen LogP contribution in [0.4, 0.5) is 8.28 Å². The Kier molecular flexibility index (Phi) is 2.96. The van der Waals surface area contributed by atoms with E-state index in [1.165, 1.54) is 0 Å². The van der Waals surface area contributed by atoms with Gasteiger partial charge in [0.1, 0.15) is 4.90 Å². The minimum Gasteiger partial charge on any atom is -0.492 e. The van der Waals surface area contributed by atoms with Crippen molar-refractivity contribution in [3.8, 4) is 5.75 Å². The molecular weight excluding hydrogens is 238 g/mol. The van der Waals surface area contributed by atoms with E-state index in [-0.39, 0.29) is 10.8 Å². The molecule has 0 bridgehead atoms. The van der Waals surface area contributed by atoms with E-state index in [4.69, 9.17) is 11.6 Å². The molecule has 0 aliphatic rings. The third-order valence-electron chi connectivity index (χ3n) is 1.46. The molecule has 0 saturated heterocycles. The molecule has 0 heterocycles. The van der Waals surface area contributed by atoms with Gasteiger partial charge >= 0.3 is 10.2 Å². The molecule has 14 heavy (non-hydrogen) atoms. The lowest BCUT2D eigenvalue weighted by Gasteiger charge is -2.04. The van der Waals surface area contributed by atoms with Crippen molar-refractivity contribution in [3.05, 3.63) is 23.0 Å². The second kappa shape index (κ2) is 3.70. The molecule has 0 aliphatic heterocycles. The Morgan fingerprint density at radius 1 is 1.43 bits per heavy atom. The van der Waals surface area contributed by atoms with Crippen LogP contribution in [0.25, 0.3) is 0 Å². The maximum Gasteiger partial charge on any atom is 0.332 e. The van der Waals surface area contributed by atoms with Crippen LogP contribution in [0.2, 0.25) is 5.02 Å². The minimum absolute atomic E-state index is 0.302. The van der Waals surface area contributed by atoms with Crippen LogP contribution in [0.15, 0.2) is 17.0 Å². The average Bonchev–Trinajstić information content (AvgIpc) is 2.01. The quantitative estimate of drug-likeness (QED) is 0.747. The summed E-state index contributed by atoms with van der Waals surface area (Å²) in [6.07, 6.45) is 0. The molecule has 1 rings (SSSR count). The molecule has 1 aromatic carbocycles. The van der Waals surface area contributed by atoms with Crippen molar-refractivity contribution in [2.45, 2.75) is 4.90 Å². The Morgan fingerprint density at radius 3 is 2.36 bits per heavy atom. The predicted molar refractivity (Wildman–Crippen MR) is 46.3 cm³/mol. The molecule has 0 spiro atoms. The topological polar surface area (TPSA) is 43.4 Å². The summed E-state index contributed by atoms with van der Waals surface area (Å²) in [4.78, 5) is -0.833. The summed E-state index contributed by atoms with van der Waals surface area (Å²) in [6, 6.07) is 1.28. The van der Waals surface area contributed by atoms with Crippen LogP contribution in [-0.4, -0.2) is 15.5 Å². The number of rotatable bonds is 2. The van der Waals surface area contributed by atoms with E-state index in [1.807, 2.05) is 0 Å². The van der Waals surface area contributed by atoms with Crippen molar-refractivity contribution in [2.75, 3.05) is 7.11 Å². The van der Waals surface area contributed by atoms with Gasteiger partial charge in [0.15, 0.2) is 11.6 Å². The van der Waals surface area contributed by atoms with Crippen molar-refractivity contribution in [3.63, 3.8) is 0 Å². The van der Waals surface area contributed by atoms with Gasteiger partial charge < -0.3 is 4.74 Å². The normalized spacial score (nSPS) is 11.4. The summed E-state index contributed by atoms with van der Waals surface area (Å²) in [5.74, 6) is -1.35. The van der Waals surface area contributed by atoms with E-state index in [0.29, 0.717) is 6.07 Å². The fourth-order valence-electron chi connectivity index (χ4n) is 0.872. The average molecular weight is 243 g/mol. The molecule has 0 aromatic heterocycles. The van der Waals surface area contributed by atoms with Gasteiger partial charge in [0, 0.05) is 0 Å². The van der Waals surface area contributed by atoms with E-state index in [0.717, 1.165) is 13.2 Å². The largest absolute Gasteiger partial charge is 0.492 e. The summed E-state index contributed by atoms with van der Waals surface area (Å²) in [6.45, 7) is 0. The highest BCUT2D eigenvalue weighted by Gasteiger charge is 2.18. The molecule has 0 radical (unpaired) electrons. The number of hydrogen-bond acceptors (Lipinski definition) is 3. The Balaban J connectivity index is 3.43. The van der Waals surface area contributed by atoms with Gasteiger partial charge in [-0.15, -0.1) is 3.89 Å². The van der Waals surface area contributed by atoms with E-state index in [1.54, 1.807) is 0 Å². The van der Waals surface area contributed by atoms with Gasteiger partial charge in [-0.2, -0.15) is 8.42 Å². The molecule has 0 atom stereocenters. The van der Waals surface area contributed by atoms with Crippen LogP contribution in [0.3, 0.4) is 0 Å². The first kappa shape index (κ1) is 11.2. The van der Waals surface area contributed by atoms with Crippen LogP contribution in [0.5, 0.6) is 5.75 Å². The summed E-state index contributed by atoms with van der Waals surface area (Å²) in [5, 5.41) is -0.302. The van der Waals surface area contributed by atoms with Crippen LogP contribution < -0.4 is 4.74 Å². The van der Waals surface area contributed by atoms with E-state index < -0.39 is 20.9 Å². The lowest BCUT2D eigenvalue weighted by Crippen LogP contribution is -1.96. The molecule has 1 aromatic rings. The number of halogens is 3. The molecule has 0 amide bonds. The highest BCUT2D eigenvalue weighted by molar-refractivity contribution is 7.86. The first-order chi connectivity index (χ1) is 6.36. The number of benzene rings is 1. The Bertz CT molecular complexity index is 435. The lowest BCUT2D eigenvalue weighted by molar-refractivity contribution is 0.385. The standard InChI is InChI=1S/C7H5ClF2O3S/c1-13-7-5(8)2-4(3-6(7)9)14(10,11)12/h2-3H,1H3. The van der Waals surface area contributed by atoms with E-state index >= 15 is 0 Å². The smallest absolute Gasteiger partial charge is 0.332 e. The Hall–Kier alpha value is -0.880. The SMILES string of the molecule is COc1c(F)cc(S(=O)(=O)F)cc1Cl. The van der Waals surface area contributed by atoms with Crippen LogP contribution in [0, 0.1) is 5.82 Å². The molecule has 0 N–H and O–H groups in total. The van der Waals surface area contributed by atoms with Crippen LogP contribution in [0.1, 0.15) is 0 Å². The molecule has 0 saturated carbocycles. The molecule has 3 nitrogen and oxygen atoms in total. The molecule has 0 fully saturated rings. The monoisotopic (exact) mass is 242 g/mol. The number of hydrogen-bond donors (Lipinski definition) is 0.